The average molecular weight is 412 g/mol. The van der Waals surface area contributed by atoms with E-state index in [1.165, 1.54) is 10.6 Å². The van der Waals surface area contributed by atoms with E-state index in [-0.39, 0.29) is 28.3 Å². The number of hydrogen-bond donors (Lipinski definition) is 1. The van der Waals surface area contributed by atoms with Gasteiger partial charge in [-0.05, 0) is 48.8 Å². The molecule has 1 amide bonds. The number of imidazole rings is 1. The van der Waals surface area contributed by atoms with Gasteiger partial charge in [-0.3, -0.25) is 9.72 Å². The Morgan fingerprint density at radius 3 is 2.61 bits per heavy atom. The number of hydrogen-bond acceptors (Lipinski definition) is 4. The Labute approximate surface area is 142 Å². The summed E-state index contributed by atoms with van der Waals surface area (Å²) >= 11 is 2.86. The normalized spacial score (nSPS) is 12.5. The van der Waals surface area contributed by atoms with Crippen molar-refractivity contribution in [1.29, 1.82) is 0 Å². The molecule has 0 atom stereocenters. The van der Waals surface area contributed by atoms with Gasteiger partial charge < -0.3 is 4.74 Å². The molecule has 0 saturated carbocycles. The SMILES string of the molecule is CC(C)(C)OC(=O)Nc1nc2c(Br)cccn2c1SC(F)(F)F. The monoisotopic (exact) mass is 411 g/mol. The predicted molar refractivity (Wildman–Crippen MR) is 84.7 cm³/mol. The number of carbonyl (C=O) groups excluding carboxylic acids is 1. The van der Waals surface area contributed by atoms with Crippen molar-refractivity contribution in [2.24, 2.45) is 0 Å². The molecule has 2 aromatic heterocycles. The first-order chi connectivity index (χ1) is 10.5. The second-order valence-corrected chi connectivity index (χ2v) is 7.40. The lowest BCUT2D eigenvalue weighted by atomic mass is 10.2. The molecule has 0 aliphatic rings. The summed E-state index contributed by atoms with van der Waals surface area (Å²) in [7, 11) is 0. The van der Waals surface area contributed by atoms with Crippen molar-refractivity contribution in [2.75, 3.05) is 5.32 Å². The van der Waals surface area contributed by atoms with Gasteiger partial charge in [-0.1, -0.05) is 0 Å². The van der Waals surface area contributed by atoms with Crippen molar-refractivity contribution in [3.63, 3.8) is 0 Å². The summed E-state index contributed by atoms with van der Waals surface area (Å²) in [5, 5.41) is 2.02. The van der Waals surface area contributed by atoms with E-state index in [1.807, 2.05) is 0 Å². The van der Waals surface area contributed by atoms with Crippen LogP contribution in [-0.4, -0.2) is 26.6 Å². The van der Waals surface area contributed by atoms with Gasteiger partial charge in [0.1, 0.15) is 10.6 Å². The lowest BCUT2D eigenvalue weighted by Crippen LogP contribution is -2.27. The molecule has 0 aliphatic carbocycles. The minimum Gasteiger partial charge on any atom is -0.444 e. The smallest absolute Gasteiger partial charge is 0.444 e. The van der Waals surface area contributed by atoms with E-state index < -0.39 is 17.2 Å². The highest BCUT2D eigenvalue weighted by Crippen LogP contribution is 2.41. The van der Waals surface area contributed by atoms with Gasteiger partial charge in [0.05, 0.1) is 4.47 Å². The maximum absolute atomic E-state index is 12.8. The number of pyridine rings is 1. The number of fused-ring (bicyclic) bond motifs is 1. The summed E-state index contributed by atoms with van der Waals surface area (Å²) in [6, 6.07) is 3.21. The van der Waals surface area contributed by atoms with E-state index >= 15 is 0 Å². The lowest BCUT2D eigenvalue weighted by molar-refractivity contribution is -0.0329. The molecule has 2 heterocycles. The zero-order valence-electron chi connectivity index (χ0n) is 12.4. The molecule has 2 rings (SSSR count). The zero-order valence-corrected chi connectivity index (χ0v) is 14.8. The number of nitrogens with zero attached hydrogens (tertiary/aromatic N) is 2. The van der Waals surface area contributed by atoms with Crippen LogP contribution in [0.4, 0.5) is 23.8 Å². The predicted octanol–water partition coefficient (Wildman–Crippen LogP) is 5.06. The van der Waals surface area contributed by atoms with Crippen molar-refractivity contribution in [3.8, 4) is 0 Å². The Kier molecular flexibility index (Phi) is 4.86. The van der Waals surface area contributed by atoms with E-state index in [0.717, 1.165) is 0 Å². The van der Waals surface area contributed by atoms with E-state index in [4.69, 9.17) is 4.74 Å². The van der Waals surface area contributed by atoms with Gasteiger partial charge in [-0.25, -0.2) is 9.78 Å². The van der Waals surface area contributed by atoms with E-state index in [0.29, 0.717) is 4.47 Å². The first-order valence-electron chi connectivity index (χ1n) is 6.38. The topological polar surface area (TPSA) is 55.6 Å². The molecular weight excluding hydrogens is 399 g/mol. The van der Waals surface area contributed by atoms with Crippen LogP contribution in [0.3, 0.4) is 0 Å². The quantitative estimate of drug-likeness (QED) is 0.701. The van der Waals surface area contributed by atoms with Gasteiger partial charge in [0.15, 0.2) is 11.5 Å². The third-order valence-corrected chi connectivity index (χ3v) is 3.82. The molecule has 10 heteroatoms. The molecule has 0 aliphatic heterocycles. The summed E-state index contributed by atoms with van der Waals surface area (Å²) in [6.07, 6.45) is 0.558. The number of amides is 1. The van der Waals surface area contributed by atoms with Crippen LogP contribution >= 0.6 is 27.7 Å². The van der Waals surface area contributed by atoms with Gasteiger partial charge in [0.2, 0.25) is 0 Å². The maximum Gasteiger partial charge on any atom is 0.447 e. The highest BCUT2D eigenvalue weighted by Gasteiger charge is 2.34. The summed E-state index contributed by atoms with van der Waals surface area (Å²) < 4.78 is 45.2. The fourth-order valence-corrected chi connectivity index (χ4v) is 2.79. The summed E-state index contributed by atoms with van der Waals surface area (Å²) in [4.78, 5) is 15.9. The van der Waals surface area contributed by atoms with Gasteiger partial charge in [0, 0.05) is 18.0 Å². The Morgan fingerprint density at radius 2 is 2.04 bits per heavy atom. The maximum atomic E-state index is 12.8. The number of aromatic nitrogens is 2. The lowest BCUT2D eigenvalue weighted by Gasteiger charge is -2.19. The number of rotatable bonds is 2. The van der Waals surface area contributed by atoms with Gasteiger partial charge in [-0.2, -0.15) is 13.2 Å². The number of alkyl halides is 3. The molecule has 5 nitrogen and oxygen atoms in total. The second-order valence-electron chi connectivity index (χ2n) is 5.49. The van der Waals surface area contributed by atoms with Crippen LogP contribution in [0.5, 0.6) is 0 Å². The first-order valence-corrected chi connectivity index (χ1v) is 7.99. The van der Waals surface area contributed by atoms with Crippen LogP contribution in [0, 0.1) is 0 Å². The molecule has 0 saturated heterocycles. The second kappa shape index (κ2) is 6.23. The molecule has 2 aromatic rings. The average Bonchev–Trinajstić information content (AvgIpc) is 2.65. The zero-order chi connectivity index (χ0) is 17.4. The molecule has 0 spiro atoms. The van der Waals surface area contributed by atoms with E-state index in [9.17, 15) is 18.0 Å². The highest BCUT2D eigenvalue weighted by molar-refractivity contribution is 9.10. The number of thioether (sulfide) groups is 1. The molecule has 0 aromatic carbocycles. The fourth-order valence-electron chi connectivity index (χ4n) is 1.70. The molecule has 1 N–H and O–H groups in total. The summed E-state index contributed by atoms with van der Waals surface area (Å²) in [5.74, 6) is -0.214. The molecular formula is C13H13BrF3N3O2S. The van der Waals surface area contributed by atoms with Crippen LogP contribution in [0.15, 0.2) is 27.8 Å². The van der Waals surface area contributed by atoms with Crippen molar-refractivity contribution in [3.05, 3.63) is 22.8 Å². The fraction of sp³-hybridized carbons (Fsp3) is 0.385. The third-order valence-electron chi connectivity index (χ3n) is 2.39. The first kappa shape index (κ1) is 17.9. The number of halogens is 4. The van der Waals surface area contributed by atoms with Crippen molar-refractivity contribution in [1.82, 2.24) is 9.38 Å². The van der Waals surface area contributed by atoms with Gasteiger partial charge >= 0.3 is 11.6 Å². The van der Waals surface area contributed by atoms with Crippen molar-refractivity contribution in [2.45, 2.75) is 36.9 Å². The summed E-state index contributed by atoms with van der Waals surface area (Å²) in [6.45, 7) is 4.95. The van der Waals surface area contributed by atoms with Crippen LogP contribution in [0.2, 0.25) is 0 Å². The van der Waals surface area contributed by atoms with Gasteiger partial charge in [-0.15, -0.1) is 0 Å². The Hall–Kier alpha value is -1.42. The third kappa shape index (κ3) is 4.77. The number of anilines is 1. The molecule has 0 radical (unpaired) electrons. The summed E-state index contributed by atoms with van der Waals surface area (Å²) in [5.41, 5.74) is -5.05. The highest BCUT2D eigenvalue weighted by atomic mass is 79.9. The number of carbonyl (C=O) groups is 1. The van der Waals surface area contributed by atoms with Crippen molar-refractivity contribution >= 4 is 45.3 Å². The Bertz CT molecular complexity index is 740. The van der Waals surface area contributed by atoms with Crippen LogP contribution in [0.25, 0.3) is 5.65 Å². The van der Waals surface area contributed by atoms with E-state index in [2.05, 4.69) is 26.2 Å². The Morgan fingerprint density at radius 1 is 1.39 bits per heavy atom. The van der Waals surface area contributed by atoms with Crippen LogP contribution in [0.1, 0.15) is 20.8 Å². The van der Waals surface area contributed by atoms with Crippen molar-refractivity contribution < 1.29 is 22.7 Å². The van der Waals surface area contributed by atoms with Crippen LogP contribution < -0.4 is 5.32 Å². The minimum absolute atomic E-state index is 0.214. The minimum atomic E-state index is -4.53. The van der Waals surface area contributed by atoms with Gasteiger partial charge in [0.25, 0.3) is 0 Å². The molecule has 0 bridgehead atoms. The largest absolute Gasteiger partial charge is 0.447 e. The molecule has 0 fully saturated rings. The molecule has 126 valence electrons. The number of nitrogens with one attached hydrogen (secondary N) is 1. The van der Waals surface area contributed by atoms with Crippen LogP contribution in [-0.2, 0) is 4.74 Å². The standard InChI is InChI=1S/C13H13BrF3N3O2S/c1-12(2,3)22-11(21)19-8-10(23-13(15,16)17)20-6-4-5-7(14)9(20)18-8/h4-6H,1-3H3,(H,19,21). The molecule has 23 heavy (non-hydrogen) atoms. The Balaban J connectivity index is 2.43. The number of ether oxygens (including phenoxy) is 1. The molecule has 0 unspecified atom stereocenters. The van der Waals surface area contributed by atoms with E-state index in [1.54, 1.807) is 32.9 Å².